The molecule has 0 saturated heterocycles. The number of anilines is 1. The van der Waals surface area contributed by atoms with Gasteiger partial charge in [0.05, 0.1) is 0 Å². The maximum Gasteiger partial charge on any atom is 0.348 e. The van der Waals surface area contributed by atoms with E-state index in [1.807, 2.05) is 0 Å². The lowest BCUT2D eigenvalue weighted by Crippen LogP contribution is -2.11. The average Bonchev–Trinajstić information content (AvgIpc) is 3.00. The van der Waals surface area contributed by atoms with Gasteiger partial charge in [0.1, 0.15) is 18.0 Å². The quantitative estimate of drug-likeness (QED) is 0.590. The van der Waals surface area contributed by atoms with Crippen molar-refractivity contribution in [2.45, 2.75) is 6.42 Å². The molecule has 3 N–H and O–H groups in total. The molecule has 0 radical (unpaired) electrons. The molecule has 0 unspecified atom stereocenters. The Balaban J connectivity index is 1.69. The number of H-pyrrole nitrogens is 2. The van der Waals surface area contributed by atoms with Crippen molar-refractivity contribution in [2.24, 2.45) is 0 Å². The van der Waals surface area contributed by atoms with Crippen LogP contribution in [0.2, 0.25) is 0 Å². The van der Waals surface area contributed by atoms with Crippen molar-refractivity contribution in [3.05, 3.63) is 41.1 Å². The number of imidazole rings is 1. The lowest BCUT2D eigenvalue weighted by Gasteiger charge is -2.03. The summed E-state index contributed by atoms with van der Waals surface area (Å²) in [5, 5.41) is 9.36. The zero-order valence-electron chi connectivity index (χ0n) is 9.42. The SMILES string of the molecule is O=c1[nH]nc2cc(NCCc3ncc[nH]3)ncn12. The van der Waals surface area contributed by atoms with Gasteiger partial charge in [0, 0.05) is 31.4 Å². The first kappa shape index (κ1) is 10.5. The van der Waals surface area contributed by atoms with Gasteiger partial charge in [-0.1, -0.05) is 0 Å². The average molecular weight is 245 g/mol. The molecule has 8 heteroatoms. The van der Waals surface area contributed by atoms with Crippen molar-refractivity contribution in [1.82, 2.24) is 29.5 Å². The van der Waals surface area contributed by atoms with Crippen LogP contribution < -0.4 is 11.0 Å². The summed E-state index contributed by atoms with van der Waals surface area (Å²) in [4.78, 5) is 22.5. The van der Waals surface area contributed by atoms with Crippen LogP contribution in [-0.4, -0.2) is 36.1 Å². The fraction of sp³-hybridized carbons (Fsp3) is 0.200. The first-order valence-electron chi connectivity index (χ1n) is 5.48. The van der Waals surface area contributed by atoms with Crippen LogP contribution in [0.25, 0.3) is 5.65 Å². The number of aromatic nitrogens is 6. The number of nitrogens with zero attached hydrogens (tertiary/aromatic N) is 4. The van der Waals surface area contributed by atoms with Crippen LogP contribution in [0, 0.1) is 0 Å². The highest BCUT2D eigenvalue weighted by Gasteiger charge is 2.02. The zero-order chi connectivity index (χ0) is 12.4. The van der Waals surface area contributed by atoms with Crippen molar-refractivity contribution >= 4 is 11.5 Å². The van der Waals surface area contributed by atoms with E-state index in [1.165, 1.54) is 10.7 Å². The molecule has 3 heterocycles. The highest BCUT2D eigenvalue weighted by Crippen LogP contribution is 2.04. The Labute approximate surface area is 101 Å². The van der Waals surface area contributed by atoms with Gasteiger partial charge in [-0.05, 0) is 0 Å². The van der Waals surface area contributed by atoms with E-state index < -0.39 is 0 Å². The maximum atomic E-state index is 11.2. The Hall–Kier alpha value is -2.64. The van der Waals surface area contributed by atoms with E-state index in [4.69, 9.17) is 0 Å². The second-order valence-electron chi connectivity index (χ2n) is 3.74. The molecule has 0 aliphatic carbocycles. The Kier molecular flexibility index (Phi) is 2.52. The zero-order valence-corrected chi connectivity index (χ0v) is 9.42. The molecule has 0 aliphatic heterocycles. The predicted octanol–water partition coefficient (Wildman–Crippen LogP) is -0.205. The molecule has 0 aromatic carbocycles. The molecule has 0 saturated carbocycles. The Morgan fingerprint density at radius 2 is 2.33 bits per heavy atom. The largest absolute Gasteiger partial charge is 0.369 e. The summed E-state index contributed by atoms with van der Waals surface area (Å²) < 4.78 is 1.34. The topological polar surface area (TPSA) is 104 Å². The van der Waals surface area contributed by atoms with Crippen molar-refractivity contribution < 1.29 is 0 Å². The summed E-state index contributed by atoms with van der Waals surface area (Å²) in [6.45, 7) is 0.700. The summed E-state index contributed by atoms with van der Waals surface area (Å²) in [5.41, 5.74) is 0.245. The van der Waals surface area contributed by atoms with Crippen LogP contribution in [0.5, 0.6) is 0 Å². The van der Waals surface area contributed by atoms with Crippen LogP contribution in [0.1, 0.15) is 5.82 Å². The minimum Gasteiger partial charge on any atom is -0.369 e. The smallest absolute Gasteiger partial charge is 0.348 e. The molecule has 3 aromatic heterocycles. The van der Waals surface area contributed by atoms with Crippen LogP contribution in [0.4, 0.5) is 5.82 Å². The van der Waals surface area contributed by atoms with Gasteiger partial charge in [-0.3, -0.25) is 0 Å². The van der Waals surface area contributed by atoms with Gasteiger partial charge >= 0.3 is 5.69 Å². The van der Waals surface area contributed by atoms with Crippen LogP contribution in [-0.2, 0) is 6.42 Å². The van der Waals surface area contributed by atoms with Gasteiger partial charge in [0.25, 0.3) is 0 Å². The molecule has 0 atom stereocenters. The second kappa shape index (κ2) is 4.32. The van der Waals surface area contributed by atoms with Gasteiger partial charge in [0.15, 0.2) is 5.65 Å². The summed E-state index contributed by atoms with van der Waals surface area (Å²) >= 11 is 0. The van der Waals surface area contributed by atoms with Gasteiger partial charge < -0.3 is 10.3 Å². The first-order valence-corrected chi connectivity index (χ1v) is 5.48. The molecule has 0 fully saturated rings. The first-order chi connectivity index (χ1) is 8.83. The summed E-state index contributed by atoms with van der Waals surface area (Å²) in [7, 11) is 0. The van der Waals surface area contributed by atoms with E-state index in [1.54, 1.807) is 18.5 Å². The molecule has 0 bridgehead atoms. The number of hydrogen-bond acceptors (Lipinski definition) is 5. The third kappa shape index (κ3) is 1.95. The molecule has 3 rings (SSSR count). The number of fused-ring (bicyclic) bond motifs is 1. The summed E-state index contributed by atoms with van der Waals surface area (Å²) in [6, 6.07) is 1.71. The Morgan fingerprint density at radius 1 is 1.39 bits per heavy atom. The van der Waals surface area contributed by atoms with Gasteiger partial charge in [-0.15, -0.1) is 0 Å². The highest BCUT2D eigenvalue weighted by atomic mass is 16.1. The van der Waals surface area contributed by atoms with E-state index in [0.717, 1.165) is 12.2 Å². The number of hydrogen-bond donors (Lipinski definition) is 3. The monoisotopic (exact) mass is 245 g/mol. The van der Waals surface area contributed by atoms with Crippen molar-refractivity contribution in [1.29, 1.82) is 0 Å². The predicted molar refractivity (Wildman–Crippen MR) is 64.4 cm³/mol. The normalized spacial score (nSPS) is 10.9. The Morgan fingerprint density at radius 3 is 3.17 bits per heavy atom. The van der Waals surface area contributed by atoms with Crippen molar-refractivity contribution in [3.8, 4) is 0 Å². The van der Waals surface area contributed by atoms with Gasteiger partial charge in [-0.25, -0.2) is 24.3 Å². The third-order valence-corrected chi connectivity index (χ3v) is 2.53. The van der Waals surface area contributed by atoms with E-state index in [0.29, 0.717) is 18.0 Å². The lowest BCUT2D eigenvalue weighted by atomic mass is 10.4. The number of aromatic amines is 2. The van der Waals surface area contributed by atoms with Crippen LogP contribution in [0.3, 0.4) is 0 Å². The molecule has 0 amide bonds. The van der Waals surface area contributed by atoms with Crippen molar-refractivity contribution in [3.63, 3.8) is 0 Å². The molecule has 92 valence electrons. The number of rotatable bonds is 4. The molecule has 3 aromatic rings. The Bertz CT molecular complexity index is 696. The minimum absolute atomic E-state index is 0.292. The fourth-order valence-electron chi connectivity index (χ4n) is 1.65. The minimum atomic E-state index is -0.292. The second-order valence-corrected chi connectivity index (χ2v) is 3.74. The molecular formula is C10H11N7O. The number of nitrogens with one attached hydrogen (secondary N) is 3. The summed E-state index contributed by atoms with van der Waals surface area (Å²) in [5.74, 6) is 1.59. The fourth-order valence-corrected chi connectivity index (χ4v) is 1.65. The van der Waals surface area contributed by atoms with E-state index in [9.17, 15) is 4.79 Å². The maximum absolute atomic E-state index is 11.2. The van der Waals surface area contributed by atoms with Crippen LogP contribution in [0.15, 0.2) is 29.6 Å². The molecule has 0 spiro atoms. The van der Waals surface area contributed by atoms with E-state index in [-0.39, 0.29) is 5.69 Å². The van der Waals surface area contributed by atoms with E-state index in [2.05, 4.69) is 30.5 Å². The highest BCUT2D eigenvalue weighted by molar-refractivity contribution is 5.48. The van der Waals surface area contributed by atoms with E-state index >= 15 is 0 Å². The summed E-state index contributed by atoms with van der Waals surface area (Å²) in [6.07, 6.45) is 5.72. The van der Waals surface area contributed by atoms with Gasteiger partial charge in [0.2, 0.25) is 0 Å². The molecule has 8 nitrogen and oxygen atoms in total. The standard InChI is InChI=1S/C10H11N7O/c18-10-16-15-9-5-8(14-6-17(9)10)11-2-1-7-12-3-4-13-7/h3-6,11H,1-2H2,(H,12,13)(H,16,18). The third-order valence-electron chi connectivity index (χ3n) is 2.53. The van der Waals surface area contributed by atoms with Crippen LogP contribution >= 0.6 is 0 Å². The molecule has 0 aliphatic rings. The van der Waals surface area contributed by atoms with Crippen molar-refractivity contribution in [2.75, 3.05) is 11.9 Å². The molecular weight excluding hydrogens is 234 g/mol. The molecule has 18 heavy (non-hydrogen) atoms. The lowest BCUT2D eigenvalue weighted by molar-refractivity contribution is 0.917. The van der Waals surface area contributed by atoms with Gasteiger partial charge in [-0.2, -0.15) is 5.10 Å².